The number of benzene rings is 3. The highest BCUT2D eigenvalue weighted by molar-refractivity contribution is 5.93. The van der Waals surface area contributed by atoms with Gasteiger partial charge in [-0.25, -0.2) is 0 Å². The summed E-state index contributed by atoms with van der Waals surface area (Å²) in [7, 11) is 0. The fourth-order valence-corrected chi connectivity index (χ4v) is 4.05. The molecular weight excluding hydrogens is 454 g/mol. The summed E-state index contributed by atoms with van der Waals surface area (Å²) in [5.41, 5.74) is 9.14. The van der Waals surface area contributed by atoms with Crippen LogP contribution in [0.1, 0.15) is 23.6 Å². The topological polar surface area (TPSA) is 72.8 Å². The molecule has 37 heavy (non-hydrogen) atoms. The van der Waals surface area contributed by atoms with Crippen LogP contribution >= 0.6 is 0 Å². The minimum absolute atomic E-state index is 0.604. The van der Waals surface area contributed by atoms with Gasteiger partial charge in [-0.3, -0.25) is 4.98 Å². The Morgan fingerprint density at radius 1 is 0.946 bits per heavy atom. The van der Waals surface area contributed by atoms with Gasteiger partial charge in [-0.1, -0.05) is 31.4 Å². The van der Waals surface area contributed by atoms with Crippen LogP contribution in [-0.4, -0.2) is 4.98 Å². The first-order chi connectivity index (χ1) is 18.0. The van der Waals surface area contributed by atoms with Crippen molar-refractivity contribution in [2.75, 3.05) is 16.0 Å². The Bertz CT molecular complexity index is 1550. The van der Waals surface area contributed by atoms with Crippen molar-refractivity contribution in [3.8, 4) is 6.07 Å². The van der Waals surface area contributed by atoms with Crippen LogP contribution < -0.4 is 16.0 Å². The number of nitrogens with zero attached hydrogens (tertiary/aromatic N) is 2. The maximum Gasteiger partial charge on any atom is 0.0991 e. The van der Waals surface area contributed by atoms with E-state index in [1.54, 1.807) is 18.3 Å². The molecular formula is C32H29N5. The summed E-state index contributed by atoms with van der Waals surface area (Å²) in [5.74, 6) is 0. The zero-order valence-corrected chi connectivity index (χ0v) is 21.0. The second-order valence-electron chi connectivity index (χ2n) is 8.52. The van der Waals surface area contributed by atoms with Gasteiger partial charge in [0.25, 0.3) is 0 Å². The van der Waals surface area contributed by atoms with E-state index in [1.807, 2.05) is 73.7 Å². The van der Waals surface area contributed by atoms with Gasteiger partial charge in [-0.2, -0.15) is 5.26 Å². The highest BCUT2D eigenvalue weighted by Gasteiger charge is 2.08. The van der Waals surface area contributed by atoms with Crippen molar-refractivity contribution < 1.29 is 0 Å². The third kappa shape index (κ3) is 6.14. The van der Waals surface area contributed by atoms with E-state index >= 15 is 0 Å². The summed E-state index contributed by atoms with van der Waals surface area (Å²) >= 11 is 0. The number of allylic oxidation sites excluding steroid dienone is 4. The number of hydrogen-bond acceptors (Lipinski definition) is 5. The minimum atomic E-state index is 0.604. The molecule has 1 aromatic heterocycles. The summed E-state index contributed by atoms with van der Waals surface area (Å²) in [6.07, 6.45) is 9.43. The van der Waals surface area contributed by atoms with Gasteiger partial charge in [-0.15, -0.1) is 0 Å². The molecule has 0 fully saturated rings. The number of nitriles is 1. The van der Waals surface area contributed by atoms with Crippen LogP contribution in [0.2, 0.25) is 0 Å². The van der Waals surface area contributed by atoms with Crippen molar-refractivity contribution in [3.05, 3.63) is 133 Å². The Labute approximate surface area is 218 Å². The number of fused-ring (bicyclic) bond motifs is 1. The predicted octanol–water partition coefficient (Wildman–Crippen LogP) is 8.30. The second kappa shape index (κ2) is 11.6. The zero-order chi connectivity index (χ0) is 26.2. The fourth-order valence-electron chi connectivity index (χ4n) is 4.05. The zero-order valence-electron chi connectivity index (χ0n) is 21.0. The highest BCUT2D eigenvalue weighted by atomic mass is 14.9. The molecule has 0 amide bonds. The van der Waals surface area contributed by atoms with Crippen LogP contribution in [0.15, 0.2) is 116 Å². The highest BCUT2D eigenvalue weighted by Crippen LogP contribution is 2.29. The van der Waals surface area contributed by atoms with Crippen LogP contribution in [0.4, 0.5) is 22.7 Å². The molecule has 0 unspecified atom stereocenters. The minimum Gasteiger partial charge on any atom is -0.356 e. The SMILES string of the molecule is C=C/C=C(\C=C/C)Nc1ccc(NC(=C)c2ccc(Nc3ccnc4ccc(C#N)cc34)cc2C)cc1. The Balaban J connectivity index is 1.47. The van der Waals surface area contributed by atoms with E-state index in [2.05, 4.69) is 59.2 Å². The monoisotopic (exact) mass is 483 g/mol. The summed E-state index contributed by atoms with van der Waals surface area (Å²) in [6, 6.07) is 23.9. The molecule has 4 rings (SSSR count). The summed E-state index contributed by atoms with van der Waals surface area (Å²) in [4.78, 5) is 4.41. The molecule has 0 saturated heterocycles. The maximum absolute atomic E-state index is 9.27. The molecule has 5 heteroatoms. The first-order valence-corrected chi connectivity index (χ1v) is 12.0. The van der Waals surface area contributed by atoms with Crippen molar-refractivity contribution in [1.82, 2.24) is 4.98 Å². The first-order valence-electron chi connectivity index (χ1n) is 12.0. The van der Waals surface area contributed by atoms with Crippen LogP contribution in [0.5, 0.6) is 0 Å². The summed E-state index contributed by atoms with van der Waals surface area (Å²) in [5, 5.41) is 20.4. The normalized spacial score (nSPS) is 11.2. The molecule has 3 aromatic carbocycles. The Morgan fingerprint density at radius 2 is 1.68 bits per heavy atom. The third-order valence-electron chi connectivity index (χ3n) is 5.81. The van der Waals surface area contributed by atoms with Crippen molar-refractivity contribution in [2.24, 2.45) is 0 Å². The van der Waals surface area contributed by atoms with Crippen LogP contribution in [0, 0.1) is 18.3 Å². The van der Waals surface area contributed by atoms with Crippen molar-refractivity contribution in [3.63, 3.8) is 0 Å². The number of hydrogen-bond donors (Lipinski definition) is 3. The molecule has 5 nitrogen and oxygen atoms in total. The third-order valence-corrected chi connectivity index (χ3v) is 5.81. The smallest absolute Gasteiger partial charge is 0.0991 e. The quantitative estimate of drug-likeness (QED) is 0.209. The van der Waals surface area contributed by atoms with Crippen LogP contribution in [-0.2, 0) is 0 Å². The number of pyridine rings is 1. The van der Waals surface area contributed by atoms with Gasteiger partial charge < -0.3 is 16.0 Å². The molecule has 3 N–H and O–H groups in total. The average Bonchev–Trinajstić information content (AvgIpc) is 2.90. The lowest BCUT2D eigenvalue weighted by molar-refractivity contribution is 1.38. The average molecular weight is 484 g/mol. The van der Waals surface area contributed by atoms with E-state index < -0.39 is 0 Å². The van der Waals surface area contributed by atoms with Gasteiger partial charge in [-0.05, 0) is 92.2 Å². The van der Waals surface area contributed by atoms with E-state index in [4.69, 9.17) is 0 Å². The molecule has 4 aromatic rings. The van der Waals surface area contributed by atoms with Crippen molar-refractivity contribution >= 4 is 39.3 Å². The number of rotatable bonds is 9. The lowest BCUT2D eigenvalue weighted by atomic mass is 10.0. The van der Waals surface area contributed by atoms with E-state index in [1.165, 1.54) is 0 Å². The Hall–Kier alpha value is -5.08. The predicted molar refractivity (Wildman–Crippen MR) is 157 cm³/mol. The number of aromatic nitrogens is 1. The fraction of sp³-hybridized carbons (Fsp3) is 0.0625. The van der Waals surface area contributed by atoms with E-state index in [0.29, 0.717) is 5.56 Å². The summed E-state index contributed by atoms with van der Waals surface area (Å²) < 4.78 is 0. The lowest BCUT2D eigenvalue weighted by Gasteiger charge is -2.15. The van der Waals surface area contributed by atoms with Gasteiger partial charge >= 0.3 is 0 Å². The molecule has 0 saturated carbocycles. The van der Waals surface area contributed by atoms with E-state index in [0.717, 1.165) is 56.2 Å². The molecule has 182 valence electrons. The van der Waals surface area contributed by atoms with Gasteiger partial charge in [0, 0.05) is 51.3 Å². The number of anilines is 4. The molecule has 0 aliphatic rings. The van der Waals surface area contributed by atoms with Gasteiger partial charge in [0.1, 0.15) is 0 Å². The second-order valence-corrected chi connectivity index (χ2v) is 8.52. The van der Waals surface area contributed by atoms with E-state index in [-0.39, 0.29) is 0 Å². The maximum atomic E-state index is 9.27. The number of nitrogens with one attached hydrogen (secondary N) is 3. The Kier molecular flexibility index (Phi) is 7.82. The molecule has 0 spiro atoms. The van der Waals surface area contributed by atoms with Crippen LogP contribution in [0.25, 0.3) is 16.6 Å². The molecule has 0 atom stereocenters. The van der Waals surface area contributed by atoms with Gasteiger partial charge in [0.2, 0.25) is 0 Å². The number of aryl methyl sites for hydroxylation is 1. The van der Waals surface area contributed by atoms with Gasteiger partial charge in [0.15, 0.2) is 0 Å². The molecule has 0 bridgehead atoms. The van der Waals surface area contributed by atoms with Gasteiger partial charge in [0.05, 0.1) is 17.1 Å². The van der Waals surface area contributed by atoms with Crippen molar-refractivity contribution in [2.45, 2.75) is 13.8 Å². The standard InChI is InChI=1S/C32H29N5/c1-5-7-25(8-6-2)36-27-12-10-26(11-13-27)35-23(4)29-15-14-28(19-22(29)3)37-32-17-18-34-31-16-9-24(21-33)20-30(31)32/h5-20,35-36H,1,4H2,2-3H3,(H,34,37)/b8-6-,25-7+. The largest absolute Gasteiger partial charge is 0.356 e. The Morgan fingerprint density at radius 3 is 2.35 bits per heavy atom. The molecule has 1 heterocycles. The van der Waals surface area contributed by atoms with Crippen LogP contribution in [0.3, 0.4) is 0 Å². The molecule has 0 radical (unpaired) electrons. The molecule has 0 aliphatic carbocycles. The van der Waals surface area contributed by atoms with Crippen molar-refractivity contribution in [1.29, 1.82) is 5.26 Å². The molecule has 0 aliphatic heterocycles. The first kappa shape index (κ1) is 25.0. The lowest BCUT2D eigenvalue weighted by Crippen LogP contribution is -2.01. The van der Waals surface area contributed by atoms with E-state index in [9.17, 15) is 5.26 Å². The summed E-state index contributed by atoms with van der Waals surface area (Å²) in [6.45, 7) is 12.1.